The molecule has 2 atom stereocenters. The van der Waals surface area contributed by atoms with Crippen LogP contribution in [-0.2, 0) is 9.59 Å². The molecule has 0 radical (unpaired) electrons. The summed E-state index contributed by atoms with van der Waals surface area (Å²) in [6.07, 6.45) is 4.91. The molecular weight excluding hydrogens is 418 g/mol. The van der Waals surface area contributed by atoms with Crippen molar-refractivity contribution in [2.45, 2.75) is 43.7 Å². The van der Waals surface area contributed by atoms with Crippen LogP contribution in [0.15, 0.2) is 48.7 Å². The number of carbonyl (C=O) groups excluding carboxylic acids is 3. The van der Waals surface area contributed by atoms with Crippen LogP contribution in [0.5, 0.6) is 0 Å². The minimum absolute atomic E-state index is 0.00687. The van der Waals surface area contributed by atoms with Gasteiger partial charge in [-0.15, -0.1) is 0 Å². The summed E-state index contributed by atoms with van der Waals surface area (Å²) in [4.78, 5) is 46.4. The van der Waals surface area contributed by atoms with Gasteiger partial charge in [-0.05, 0) is 37.0 Å². The van der Waals surface area contributed by atoms with Crippen molar-refractivity contribution in [3.63, 3.8) is 0 Å². The first-order valence-corrected chi connectivity index (χ1v) is 11.7. The fourth-order valence-corrected chi connectivity index (χ4v) is 5.17. The summed E-state index contributed by atoms with van der Waals surface area (Å²) < 4.78 is 0. The van der Waals surface area contributed by atoms with Crippen LogP contribution in [-0.4, -0.2) is 64.3 Å². The molecule has 172 valence electrons. The zero-order valence-electron chi connectivity index (χ0n) is 18.6. The molecule has 2 aromatic rings. The molecule has 1 aromatic carbocycles. The van der Waals surface area contributed by atoms with Crippen molar-refractivity contribution in [3.05, 3.63) is 59.8 Å². The van der Waals surface area contributed by atoms with Crippen molar-refractivity contribution in [2.75, 3.05) is 31.5 Å². The lowest BCUT2D eigenvalue weighted by Crippen LogP contribution is -2.58. The van der Waals surface area contributed by atoms with Crippen molar-refractivity contribution in [3.8, 4) is 0 Å². The highest BCUT2D eigenvalue weighted by Gasteiger charge is 2.41. The number of fused-ring (bicyclic) bond motifs is 1. The Bertz CT molecular complexity index is 1060. The van der Waals surface area contributed by atoms with Gasteiger partial charge in [-0.1, -0.05) is 30.3 Å². The van der Waals surface area contributed by atoms with Crippen LogP contribution in [0.1, 0.15) is 53.9 Å². The largest absolute Gasteiger partial charge is 0.347 e. The summed E-state index contributed by atoms with van der Waals surface area (Å²) in [6.45, 7) is 1.90. The fraction of sp³-hybridized carbons (Fsp3) is 0.440. The maximum absolute atomic E-state index is 13.1. The fourth-order valence-electron chi connectivity index (χ4n) is 5.17. The second-order valence-corrected chi connectivity index (χ2v) is 9.22. The summed E-state index contributed by atoms with van der Waals surface area (Å²) in [5.74, 6) is 0.626. The van der Waals surface area contributed by atoms with E-state index in [2.05, 4.69) is 27.8 Å². The first-order chi connectivity index (χ1) is 16.0. The molecule has 3 amide bonds. The lowest BCUT2D eigenvalue weighted by molar-refractivity contribution is -0.140. The maximum Gasteiger partial charge on any atom is 0.256 e. The number of pyridine rings is 1. The molecule has 0 bridgehead atoms. The second kappa shape index (κ2) is 8.84. The number of piperidine rings is 1. The Balaban J connectivity index is 1.23. The van der Waals surface area contributed by atoms with Gasteiger partial charge in [0.2, 0.25) is 11.8 Å². The molecule has 3 aliphatic heterocycles. The third-order valence-corrected chi connectivity index (χ3v) is 7.06. The molecule has 8 heteroatoms. The van der Waals surface area contributed by atoms with Crippen molar-refractivity contribution in [1.82, 2.24) is 20.1 Å². The average Bonchev–Trinajstić information content (AvgIpc) is 2.99. The normalized spacial score (nSPS) is 25.2. The minimum atomic E-state index is -0.727. The van der Waals surface area contributed by atoms with E-state index in [1.807, 2.05) is 23.1 Å². The molecule has 2 fully saturated rings. The van der Waals surface area contributed by atoms with E-state index in [4.69, 9.17) is 0 Å². The summed E-state index contributed by atoms with van der Waals surface area (Å²) in [5.41, 5.74) is 1.04. The minimum Gasteiger partial charge on any atom is -0.347 e. The van der Waals surface area contributed by atoms with Crippen molar-refractivity contribution in [1.29, 1.82) is 0 Å². The lowest BCUT2D eigenvalue weighted by Gasteiger charge is -2.39. The van der Waals surface area contributed by atoms with Gasteiger partial charge in [0, 0.05) is 44.6 Å². The number of nitrogens with zero attached hydrogens (tertiary/aromatic N) is 3. The van der Waals surface area contributed by atoms with Gasteiger partial charge >= 0.3 is 0 Å². The second-order valence-electron chi connectivity index (χ2n) is 9.22. The van der Waals surface area contributed by atoms with Gasteiger partial charge in [-0.25, -0.2) is 4.98 Å². The van der Waals surface area contributed by atoms with Gasteiger partial charge in [-0.2, -0.15) is 0 Å². The Morgan fingerprint density at radius 3 is 2.76 bits per heavy atom. The van der Waals surface area contributed by atoms with E-state index < -0.39 is 5.66 Å². The molecular formula is C25H29N5O3. The van der Waals surface area contributed by atoms with Crippen LogP contribution in [0.2, 0.25) is 0 Å². The van der Waals surface area contributed by atoms with Gasteiger partial charge in [0.15, 0.2) is 0 Å². The highest BCUT2D eigenvalue weighted by molar-refractivity contribution is 6.01. The van der Waals surface area contributed by atoms with Crippen LogP contribution in [0, 0.1) is 0 Å². The number of carbonyl (C=O) groups is 3. The highest BCUT2D eigenvalue weighted by atomic mass is 16.2. The highest BCUT2D eigenvalue weighted by Crippen LogP contribution is 2.31. The van der Waals surface area contributed by atoms with E-state index in [1.54, 1.807) is 23.2 Å². The van der Waals surface area contributed by atoms with Crippen molar-refractivity contribution >= 4 is 23.5 Å². The molecule has 1 aromatic heterocycles. The van der Waals surface area contributed by atoms with Gasteiger partial charge < -0.3 is 20.4 Å². The SMILES string of the molecule is O=C1N[C@]2(CCC(=O)N(CC(=O)N3CCC[C@H](c4ccccc4)C3)CC2)Nc2ncccc21. The Morgan fingerprint density at radius 2 is 1.91 bits per heavy atom. The molecule has 2 N–H and O–H groups in total. The Hall–Kier alpha value is -3.42. The maximum atomic E-state index is 13.1. The first-order valence-electron chi connectivity index (χ1n) is 11.7. The summed E-state index contributed by atoms with van der Waals surface area (Å²) in [7, 11) is 0. The number of rotatable bonds is 3. The lowest BCUT2D eigenvalue weighted by atomic mass is 9.90. The van der Waals surface area contributed by atoms with Crippen LogP contribution in [0.25, 0.3) is 0 Å². The molecule has 33 heavy (non-hydrogen) atoms. The summed E-state index contributed by atoms with van der Waals surface area (Å²) in [6, 6.07) is 13.8. The number of likely N-dealkylation sites (tertiary alicyclic amines) is 2. The number of nitrogens with one attached hydrogen (secondary N) is 2. The molecule has 3 aliphatic rings. The van der Waals surface area contributed by atoms with E-state index in [-0.39, 0.29) is 30.7 Å². The number of amides is 3. The zero-order chi connectivity index (χ0) is 22.8. The van der Waals surface area contributed by atoms with E-state index in [1.165, 1.54) is 5.56 Å². The number of anilines is 1. The standard InChI is InChI=1S/C25H29N5O3/c31-21-10-11-25(27-23-20(24(33)28-25)9-4-13-26-23)12-15-30(21)17-22(32)29-14-5-8-19(16-29)18-6-2-1-3-7-18/h1-4,6-7,9,13,19H,5,8,10-12,14-17H2,(H,26,27)(H,28,33)/t19-,25-/m0/s1. The molecule has 0 aliphatic carbocycles. The Kier molecular flexibility index (Phi) is 5.74. The zero-order valence-corrected chi connectivity index (χ0v) is 18.6. The molecule has 0 saturated carbocycles. The van der Waals surface area contributed by atoms with Crippen LogP contribution >= 0.6 is 0 Å². The number of benzene rings is 1. The van der Waals surface area contributed by atoms with Crippen molar-refractivity contribution in [2.24, 2.45) is 0 Å². The van der Waals surface area contributed by atoms with E-state index in [0.29, 0.717) is 43.2 Å². The predicted molar refractivity (Wildman–Crippen MR) is 123 cm³/mol. The quantitative estimate of drug-likeness (QED) is 0.753. The van der Waals surface area contributed by atoms with Crippen LogP contribution in [0.3, 0.4) is 0 Å². The van der Waals surface area contributed by atoms with E-state index in [0.717, 1.165) is 19.4 Å². The smallest absolute Gasteiger partial charge is 0.256 e. The molecule has 8 nitrogen and oxygen atoms in total. The third-order valence-electron chi connectivity index (χ3n) is 7.06. The Labute approximate surface area is 193 Å². The Morgan fingerprint density at radius 1 is 1.06 bits per heavy atom. The number of hydrogen-bond acceptors (Lipinski definition) is 5. The van der Waals surface area contributed by atoms with E-state index >= 15 is 0 Å². The average molecular weight is 448 g/mol. The first kappa shape index (κ1) is 21.4. The van der Waals surface area contributed by atoms with E-state index in [9.17, 15) is 14.4 Å². The molecule has 5 rings (SSSR count). The number of hydrogen-bond donors (Lipinski definition) is 2. The van der Waals surface area contributed by atoms with Gasteiger partial charge in [-0.3, -0.25) is 14.4 Å². The van der Waals surface area contributed by atoms with Gasteiger partial charge in [0.25, 0.3) is 5.91 Å². The molecule has 0 unspecified atom stereocenters. The summed E-state index contributed by atoms with van der Waals surface area (Å²) in [5, 5.41) is 6.39. The number of aromatic nitrogens is 1. The third kappa shape index (κ3) is 4.42. The monoisotopic (exact) mass is 447 g/mol. The predicted octanol–water partition coefficient (Wildman–Crippen LogP) is 2.35. The molecule has 1 spiro atoms. The molecule has 4 heterocycles. The van der Waals surface area contributed by atoms with Crippen LogP contribution in [0.4, 0.5) is 5.82 Å². The van der Waals surface area contributed by atoms with Gasteiger partial charge in [0.05, 0.1) is 12.1 Å². The van der Waals surface area contributed by atoms with Crippen LogP contribution < -0.4 is 10.6 Å². The van der Waals surface area contributed by atoms with Crippen molar-refractivity contribution < 1.29 is 14.4 Å². The molecule has 2 saturated heterocycles. The topological polar surface area (TPSA) is 94.6 Å². The van der Waals surface area contributed by atoms with Gasteiger partial charge in [0.1, 0.15) is 11.5 Å². The summed E-state index contributed by atoms with van der Waals surface area (Å²) >= 11 is 0.